The van der Waals surface area contributed by atoms with Crippen molar-refractivity contribution in [1.29, 1.82) is 0 Å². The first kappa shape index (κ1) is 10.4. The van der Waals surface area contributed by atoms with Crippen LogP contribution >= 0.6 is 31.9 Å². The van der Waals surface area contributed by atoms with Crippen LogP contribution in [0.4, 0.5) is 0 Å². The van der Waals surface area contributed by atoms with Crippen molar-refractivity contribution in [2.45, 2.75) is 0 Å². The Balaban J connectivity index is 3.12. The topological polar surface area (TPSA) is 75.1 Å². The number of aromatic nitrogens is 2. The molecule has 0 spiro atoms. The fraction of sp³-hybridized carbons (Fsp3) is 0. The quantitative estimate of drug-likeness (QED) is 0.565. The first-order chi connectivity index (χ1) is 7.00. The molecule has 0 unspecified atom stereocenters. The first-order valence-electron chi connectivity index (χ1n) is 3.84. The van der Waals surface area contributed by atoms with Gasteiger partial charge in [0.25, 0.3) is 0 Å². The number of fused-ring (bicyclic) bond motifs is 1. The van der Waals surface area contributed by atoms with Crippen LogP contribution in [0, 0.1) is 0 Å². The van der Waals surface area contributed by atoms with E-state index in [0.717, 1.165) is 0 Å². The summed E-state index contributed by atoms with van der Waals surface area (Å²) in [6.07, 6.45) is 0. The zero-order valence-corrected chi connectivity index (χ0v) is 10.3. The van der Waals surface area contributed by atoms with Crippen LogP contribution < -0.4 is 11.1 Å². The van der Waals surface area contributed by atoms with E-state index in [-0.39, 0.29) is 5.52 Å². The maximum absolute atomic E-state index is 11.1. The molecule has 0 saturated carbocycles. The molecule has 1 aromatic carbocycles. The lowest BCUT2D eigenvalue weighted by Crippen LogP contribution is -2.35. The summed E-state index contributed by atoms with van der Waals surface area (Å²) in [6, 6.07) is 3.22. The van der Waals surface area contributed by atoms with Gasteiger partial charge in [0.05, 0.1) is 5.52 Å². The van der Waals surface area contributed by atoms with Crippen LogP contribution in [0.25, 0.3) is 11.0 Å². The molecule has 78 valence electrons. The Morgan fingerprint density at radius 1 is 1.27 bits per heavy atom. The molecule has 0 amide bonds. The third-order valence-electron chi connectivity index (χ3n) is 1.89. The van der Waals surface area contributed by atoms with Gasteiger partial charge in [-0.15, -0.1) is 4.73 Å². The Morgan fingerprint density at radius 2 is 1.93 bits per heavy atom. The molecule has 0 saturated heterocycles. The number of H-pyrrole nitrogens is 1. The number of hydrogen-bond acceptors (Lipinski definition) is 3. The van der Waals surface area contributed by atoms with Crippen molar-refractivity contribution < 1.29 is 5.21 Å². The first-order valence-corrected chi connectivity index (χ1v) is 5.42. The van der Waals surface area contributed by atoms with Gasteiger partial charge in [-0.3, -0.25) is 9.59 Å². The minimum atomic E-state index is -1.01. The standard InChI is InChI=1S/C8H4Br2N2O3/c9-3-1-4(10)6-5(2-3)12(15)8(14)7(13)11-6/h1-2,15H,(H,11,13). The van der Waals surface area contributed by atoms with Gasteiger partial charge in [0.2, 0.25) is 0 Å². The summed E-state index contributed by atoms with van der Waals surface area (Å²) in [4.78, 5) is 24.6. The number of halogens is 2. The second-order valence-electron chi connectivity index (χ2n) is 2.85. The van der Waals surface area contributed by atoms with Gasteiger partial charge < -0.3 is 10.2 Å². The monoisotopic (exact) mass is 334 g/mol. The minimum Gasteiger partial charge on any atom is -0.425 e. The number of nitrogens with zero attached hydrogens (tertiary/aromatic N) is 1. The number of aromatic amines is 1. The van der Waals surface area contributed by atoms with Gasteiger partial charge in [-0.25, -0.2) is 0 Å². The van der Waals surface area contributed by atoms with Crippen LogP contribution in [0.2, 0.25) is 0 Å². The Hall–Kier alpha value is -1.08. The number of rotatable bonds is 0. The smallest absolute Gasteiger partial charge is 0.348 e. The normalized spacial score (nSPS) is 10.8. The molecule has 1 heterocycles. The van der Waals surface area contributed by atoms with E-state index in [0.29, 0.717) is 19.2 Å². The summed E-state index contributed by atoms with van der Waals surface area (Å²) in [5.41, 5.74) is -1.29. The van der Waals surface area contributed by atoms with Crippen LogP contribution in [-0.4, -0.2) is 14.9 Å². The van der Waals surface area contributed by atoms with Gasteiger partial charge in [0, 0.05) is 8.95 Å². The van der Waals surface area contributed by atoms with Crippen molar-refractivity contribution in [2.75, 3.05) is 0 Å². The van der Waals surface area contributed by atoms with E-state index in [1.165, 1.54) is 6.07 Å². The van der Waals surface area contributed by atoms with E-state index >= 15 is 0 Å². The van der Waals surface area contributed by atoms with E-state index in [9.17, 15) is 14.8 Å². The minimum absolute atomic E-state index is 0.223. The highest BCUT2D eigenvalue weighted by atomic mass is 79.9. The highest BCUT2D eigenvalue weighted by molar-refractivity contribution is 9.11. The predicted molar refractivity (Wildman–Crippen MR) is 61.4 cm³/mol. The Bertz CT molecular complexity index is 659. The zero-order valence-electron chi connectivity index (χ0n) is 7.12. The lowest BCUT2D eigenvalue weighted by Gasteiger charge is -2.04. The molecule has 0 aliphatic heterocycles. The summed E-state index contributed by atoms with van der Waals surface area (Å²) in [6.45, 7) is 0. The van der Waals surface area contributed by atoms with E-state index < -0.39 is 11.1 Å². The molecule has 0 aliphatic carbocycles. The predicted octanol–water partition coefficient (Wildman–Crippen LogP) is 1.45. The molecule has 0 atom stereocenters. The summed E-state index contributed by atoms with van der Waals surface area (Å²) < 4.78 is 1.58. The van der Waals surface area contributed by atoms with Crippen LogP contribution in [0.3, 0.4) is 0 Å². The van der Waals surface area contributed by atoms with Crippen molar-refractivity contribution in [3.63, 3.8) is 0 Å². The summed E-state index contributed by atoms with van der Waals surface area (Å²) in [5, 5.41) is 9.43. The molecule has 0 bridgehead atoms. The van der Waals surface area contributed by atoms with E-state index in [1.807, 2.05) is 0 Å². The molecule has 2 aromatic rings. The fourth-order valence-electron chi connectivity index (χ4n) is 1.22. The number of nitrogens with one attached hydrogen (secondary N) is 1. The third kappa shape index (κ3) is 1.61. The lowest BCUT2D eigenvalue weighted by molar-refractivity contribution is 0.186. The maximum atomic E-state index is 11.1. The van der Waals surface area contributed by atoms with Crippen molar-refractivity contribution in [3.05, 3.63) is 41.8 Å². The largest absolute Gasteiger partial charge is 0.425 e. The Kier molecular flexibility index (Phi) is 2.43. The van der Waals surface area contributed by atoms with Gasteiger partial charge in [-0.05, 0) is 28.1 Å². The van der Waals surface area contributed by atoms with Crippen molar-refractivity contribution in [3.8, 4) is 0 Å². The van der Waals surface area contributed by atoms with Gasteiger partial charge in [-0.2, -0.15) is 0 Å². The molecule has 15 heavy (non-hydrogen) atoms. The number of hydrogen-bond donors (Lipinski definition) is 2. The summed E-state index contributed by atoms with van der Waals surface area (Å²) in [7, 11) is 0. The summed E-state index contributed by atoms with van der Waals surface area (Å²) >= 11 is 6.43. The van der Waals surface area contributed by atoms with Gasteiger partial charge in [0.1, 0.15) is 5.52 Å². The van der Waals surface area contributed by atoms with Crippen LogP contribution in [0.1, 0.15) is 0 Å². The highest BCUT2D eigenvalue weighted by Gasteiger charge is 2.09. The Labute approximate surface area is 99.6 Å². The average molecular weight is 336 g/mol. The van der Waals surface area contributed by atoms with Crippen molar-refractivity contribution in [2.24, 2.45) is 0 Å². The van der Waals surface area contributed by atoms with Crippen LogP contribution in [0.15, 0.2) is 30.7 Å². The van der Waals surface area contributed by atoms with Crippen molar-refractivity contribution >= 4 is 42.9 Å². The van der Waals surface area contributed by atoms with Gasteiger partial charge in [0.15, 0.2) is 0 Å². The molecule has 1 aromatic heterocycles. The highest BCUT2D eigenvalue weighted by Crippen LogP contribution is 2.24. The second-order valence-corrected chi connectivity index (χ2v) is 4.62. The number of benzene rings is 1. The third-order valence-corrected chi connectivity index (χ3v) is 2.97. The molecule has 2 N–H and O–H groups in total. The molecule has 0 fully saturated rings. The fourth-order valence-corrected chi connectivity index (χ4v) is 2.53. The average Bonchev–Trinajstić information content (AvgIpc) is 2.17. The molecular formula is C8H4Br2N2O3. The molecule has 0 radical (unpaired) electrons. The van der Waals surface area contributed by atoms with Crippen LogP contribution in [0.5, 0.6) is 0 Å². The van der Waals surface area contributed by atoms with Crippen molar-refractivity contribution in [1.82, 2.24) is 9.71 Å². The molecule has 5 nitrogen and oxygen atoms in total. The second kappa shape index (κ2) is 3.49. The van der Waals surface area contributed by atoms with E-state index in [1.54, 1.807) is 6.07 Å². The molecule has 2 rings (SSSR count). The van der Waals surface area contributed by atoms with E-state index in [2.05, 4.69) is 36.8 Å². The molecule has 0 aliphatic rings. The SMILES string of the molecule is O=c1[nH]c2c(Br)cc(Br)cc2n(O)c1=O. The van der Waals surface area contributed by atoms with Gasteiger partial charge in [-0.1, -0.05) is 15.9 Å². The van der Waals surface area contributed by atoms with E-state index in [4.69, 9.17) is 0 Å². The molecular weight excluding hydrogens is 332 g/mol. The lowest BCUT2D eigenvalue weighted by atomic mass is 10.3. The van der Waals surface area contributed by atoms with Crippen LogP contribution in [-0.2, 0) is 0 Å². The van der Waals surface area contributed by atoms with Gasteiger partial charge >= 0.3 is 11.1 Å². The summed E-state index contributed by atoms with van der Waals surface area (Å²) in [5.74, 6) is 0. The molecule has 7 heteroatoms. The maximum Gasteiger partial charge on any atom is 0.348 e. The zero-order chi connectivity index (χ0) is 11.2. The Morgan fingerprint density at radius 3 is 2.60 bits per heavy atom.